The zero-order chi connectivity index (χ0) is 14.4. The number of halogens is 1. The lowest BCUT2D eigenvalue weighted by molar-refractivity contribution is -0.113. The van der Waals surface area contributed by atoms with E-state index in [1.807, 2.05) is 5.40 Å². The Hall–Kier alpha value is -1.50. The molecule has 0 aliphatic heterocycles. The van der Waals surface area contributed by atoms with Gasteiger partial charge < -0.3 is 5.32 Å². The van der Waals surface area contributed by atoms with E-state index < -0.39 is 0 Å². The van der Waals surface area contributed by atoms with Crippen LogP contribution in [0.25, 0.3) is 0 Å². The van der Waals surface area contributed by atoms with Gasteiger partial charge in [0.15, 0.2) is 5.16 Å². The smallest absolute Gasteiger partial charge is 0.234 e. The lowest BCUT2D eigenvalue weighted by Crippen LogP contribution is -2.14. The molecule has 1 aromatic carbocycles. The van der Waals surface area contributed by atoms with Crippen LogP contribution in [0.4, 0.5) is 5.69 Å². The number of thiocyanates is 1. The number of hydrogen-bond donors (Lipinski definition) is 2. The second-order valence-electron chi connectivity index (χ2n) is 3.46. The van der Waals surface area contributed by atoms with Crippen LogP contribution in [0.2, 0.25) is 0 Å². The van der Waals surface area contributed by atoms with E-state index >= 15 is 0 Å². The molecule has 20 heavy (non-hydrogen) atoms. The van der Waals surface area contributed by atoms with Gasteiger partial charge in [0.1, 0.15) is 11.7 Å². The fraction of sp³-hybridized carbons (Fsp3) is 0.0909. The van der Waals surface area contributed by atoms with Crippen molar-refractivity contribution in [2.24, 2.45) is 0 Å². The minimum Gasteiger partial charge on any atom is -0.324 e. The molecule has 1 amide bonds. The van der Waals surface area contributed by atoms with Gasteiger partial charge in [-0.15, -0.1) is 0 Å². The summed E-state index contributed by atoms with van der Waals surface area (Å²) < 4.78 is 0.732. The quantitative estimate of drug-likeness (QED) is 0.621. The highest BCUT2D eigenvalue weighted by Crippen LogP contribution is 2.28. The number of H-pyrrole nitrogens is 1. The van der Waals surface area contributed by atoms with Crippen molar-refractivity contribution in [1.29, 1.82) is 5.26 Å². The Bertz CT molecular complexity index is 641. The molecule has 1 aromatic heterocycles. The lowest BCUT2D eigenvalue weighted by Gasteiger charge is -2.07. The van der Waals surface area contributed by atoms with Crippen molar-refractivity contribution in [3.63, 3.8) is 0 Å². The fourth-order valence-electron chi connectivity index (χ4n) is 1.30. The molecule has 0 bridgehead atoms. The standard InChI is InChI=1S/C11H8BrN5OS2/c12-8-3-7(20-5-13)1-2-9(8)16-10(18)4-19-11-14-6-15-17-11/h1-3,6H,4H2,(H,16,18)(H,14,15,17). The highest BCUT2D eigenvalue weighted by atomic mass is 79.9. The first-order chi connectivity index (χ1) is 9.69. The van der Waals surface area contributed by atoms with Gasteiger partial charge in [0.25, 0.3) is 0 Å². The first-order valence-corrected chi connectivity index (χ1v) is 7.92. The van der Waals surface area contributed by atoms with Crippen molar-refractivity contribution in [3.8, 4) is 5.40 Å². The van der Waals surface area contributed by atoms with E-state index in [-0.39, 0.29) is 11.7 Å². The molecule has 0 fully saturated rings. The van der Waals surface area contributed by atoms with Gasteiger partial charge in [-0.3, -0.25) is 9.89 Å². The topological polar surface area (TPSA) is 94.5 Å². The number of benzene rings is 1. The van der Waals surface area contributed by atoms with Crippen molar-refractivity contribution in [1.82, 2.24) is 15.2 Å². The second kappa shape index (κ2) is 7.33. The van der Waals surface area contributed by atoms with E-state index in [9.17, 15) is 4.79 Å². The molecule has 6 nitrogen and oxygen atoms in total. The summed E-state index contributed by atoms with van der Waals surface area (Å²) in [5.74, 6) is 0.0869. The van der Waals surface area contributed by atoms with Crippen LogP contribution in [-0.4, -0.2) is 26.8 Å². The molecule has 0 aliphatic carbocycles. The maximum Gasteiger partial charge on any atom is 0.234 e. The van der Waals surface area contributed by atoms with E-state index in [1.54, 1.807) is 18.2 Å². The van der Waals surface area contributed by atoms with Crippen LogP contribution in [0.1, 0.15) is 0 Å². The Morgan fingerprint density at radius 1 is 1.55 bits per heavy atom. The van der Waals surface area contributed by atoms with E-state index in [2.05, 4.69) is 36.4 Å². The first-order valence-electron chi connectivity index (χ1n) is 5.32. The van der Waals surface area contributed by atoms with Gasteiger partial charge >= 0.3 is 0 Å². The number of hydrogen-bond acceptors (Lipinski definition) is 6. The number of anilines is 1. The molecular formula is C11H8BrN5OS2. The van der Waals surface area contributed by atoms with Crippen LogP contribution >= 0.6 is 39.5 Å². The highest BCUT2D eigenvalue weighted by Gasteiger charge is 2.08. The summed E-state index contributed by atoms with van der Waals surface area (Å²) in [5, 5.41) is 20.3. The lowest BCUT2D eigenvalue weighted by atomic mass is 10.3. The Morgan fingerprint density at radius 2 is 2.40 bits per heavy atom. The Morgan fingerprint density at radius 3 is 3.05 bits per heavy atom. The molecule has 0 spiro atoms. The third-order valence-corrected chi connectivity index (χ3v) is 4.22. The van der Waals surface area contributed by atoms with Gasteiger partial charge in [-0.1, -0.05) is 11.8 Å². The first kappa shape index (κ1) is 14.9. The number of carbonyl (C=O) groups excluding carboxylic acids is 1. The third kappa shape index (κ3) is 4.26. The molecule has 0 atom stereocenters. The van der Waals surface area contributed by atoms with Gasteiger partial charge in [0.2, 0.25) is 5.91 Å². The van der Waals surface area contributed by atoms with Crippen molar-refractivity contribution in [2.75, 3.05) is 11.1 Å². The van der Waals surface area contributed by atoms with Crippen LogP contribution < -0.4 is 5.32 Å². The van der Waals surface area contributed by atoms with E-state index in [4.69, 9.17) is 5.26 Å². The van der Waals surface area contributed by atoms with E-state index in [0.29, 0.717) is 10.8 Å². The summed E-state index contributed by atoms with van der Waals surface area (Å²) in [6.45, 7) is 0. The van der Waals surface area contributed by atoms with E-state index in [0.717, 1.165) is 21.1 Å². The number of thioether (sulfide) groups is 2. The molecule has 2 aromatic rings. The van der Waals surface area contributed by atoms with E-state index in [1.165, 1.54) is 18.1 Å². The zero-order valence-corrected chi connectivity index (χ0v) is 13.2. The van der Waals surface area contributed by atoms with Crippen LogP contribution in [0.15, 0.2) is 39.1 Å². The predicted octanol–water partition coefficient (Wildman–Crippen LogP) is 2.87. The molecule has 1 heterocycles. The molecule has 2 N–H and O–H groups in total. The number of nitrogens with zero attached hydrogens (tertiary/aromatic N) is 3. The van der Waals surface area contributed by atoms with Crippen LogP contribution in [0.5, 0.6) is 0 Å². The van der Waals surface area contributed by atoms with Gasteiger partial charge in [0.05, 0.1) is 11.4 Å². The molecule has 0 unspecified atom stereocenters. The number of nitriles is 1. The van der Waals surface area contributed by atoms with Gasteiger partial charge in [-0.2, -0.15) is 10.4 Å². The zero-order valence-electron chi connectivity index (χ0n) is 9.96. The fourth-order valence-corrected chi connectivity index (χ4v) is 2.92. The second-order valence-corrected chi connectivity index (χ2v) is 6.14. The maximum atomic E-state index is 11.8. The average molecular weight is 370 g/mol. The van der Waals surface area contributed by atoms with Crippen molar-refractivity contribution < 1.29 is 4.79 Å². The van der Waals surface area contributed by atoms with Crippen LogP contribution in [0, 0.1) is 10.7 Å². The van der Waals surface area contributed by atoms with Crippen molar-refractivity contribution in [2.45, 2.75) is 10.1 Å². The SMILES string of the molecule is N#CSc1ccc(NC(=O)CSc2ncn[nH]2)c(Br)c1. The molecule has 0 aliphatic rings. The molecule has 0 saturated carbocycles. The highest BCUT2D eigenvalue weighted by molar-refractivity contribution is 9.10. The molecule has 0 saturated heterocycles. The monoisotopic (exact) mass is 369 g/mol. The Kier molecular flexibility index (Phi) is 5.46. The summed E-state index contributed by atoms with van der Waals surface area (Å²) >= 11 is 5.70. The van der Waals surface area contributed by atoms with Crippen LogP contribution in [-0.2, 0) is 4.79 Å². The van der Waals surface area contributed by atoms with Gasteiger partial charge in [-0.05, 0) is 45.9 Å². The summed E-state index contributed by atoms with van der Waals surface area (Å²) in [5.41, 5.74) is 0.662. The van der Waals surface area contributed by atoms with Crippen molar-refractivity contribution in [3.05, 3.63) is 29.0 Å². The largest absolute Gasteiger partial charge is 0.324 e. The molecule has 0 radical (unpaired) electrons. The van der Waals surface area contributed by atoms with Gasteiger partial charge in [0, 0.05) is 9.37 Å². The number of aromatic amines is 1. The summed E-state index contributed by atoms with van der Waals surface area (Å²) in [6, 6.07) is 5.31. The number of carbonyl (C=O) groups is 1. The summed E-state index contributed by atoms with van der Waals surface area (Å²) in [6.07, 6.45) is 1.39. The minimum atomic E-state index is -0.146. The number of aromatic nitrogens is 3. The number of nitrogens with one attached hydrogen (secondary N) is 2. The number of rotatable bonds is 5. The Balaban J connectivity index is 1.92. The molecular weight excluding hydrogens is 362 g/mol. The predicted molar refractivity (Wildman–Crippen MR) is 81.3 cm³/mol. The molecule has 102 valence electrons. The maximum absolute atomic E-state index is 11.8. The minimum absolute atomic E-state index is 0.146. The molecule has 2 rings (SSSR count). The normalized spacial score (nSPS) is 10.0. The number of amides is 1. The summed E-state index contributed by atoms with van der Waals surface area (Å²) in [4.78, 5) is 16.5. The average Bonchev–Trinajstić information content (AvgIpc) is 2.93. The summed E-state index contributed by atoms with van der Waals surface area (Å²) in [7, 11) is 0. The van der Waals surface area contributed by atoms with Crippen LogP contribution in [0.3, 0.4) is 0 Å². The van der Waals surface area contributed by atoms with Gasteiger partial charge in [-0.25, -0.2) is 4.98 Å². The Labute approximate surface area is 131 Å². The van der Waals surface area contributed by atoms with Crippen molar-refractivity contribution >= 4 is 51.0 Å². The third-order valence-electron chi connectivity index (χ3n) is 2.11. The molecule has 9 heteroatoms.